The molecule has 0 aromatic carbocycles. The van der Waals surface area contributed by atoms with Crippen LogP contribution in [0.4, 0.5) is 0 Å². The lowest BCUT2D eigenvalue weighted by Crippen LogP contribution is -2.45. The fourth-order valence-corrected chi connectivity index (χ4v) is 4.14. The number of amides is 1. The molecule has 0 unspecified atom stereocenters. The number of carbonyl (C=O) groups is 1. The molecular weight excluding hydrogens is 336 g/mol. The van der Waals surface area contributed by atoms with Crippen molar-refractivity contribution >= 4 is 27.5 Å². The van der Waals surface area contributed by atoms with Crippen LogP contribution >= 0.6 is 11.3 Å². The lowest BCUT2D eigenvalue weighted by molar-refractivity contribution is -0.132. The van der Waals surface area contributed by atoms with Crippen molar-refractivity contribution in [1.29, 1.82) is 0 Å². The molecule has 6 nitrogen and oxygen atoms in total. The minimum absolute atomic E-state index is 0.0537. The van der Waals surface area contributed by atoms with Crippen molar-refractivity contribution in [2.45, 2.75) is 44.7 Å². The minimum Gasteiger partial charge on any atom is -0.343 e. The van der Waals surface area contributed by atoms with Crippen LogP contribution in [0.1, 0.15) is 32.1 Å². The van der Waals surface area contributed by atoms with Crippen LogP contribution in [0.2, 0.25) is 0 Å². The third kappa shape index (κ3) is 3.93. The second-order valence-electron chi connectivity index (χ2n) is 7.14. The van der Waals surface area contributed by atoms with Gasteiger partial charge in [0.2, 0.25) is 5.91 Å². The number of rotatable bonds is 6. The number of piperidine rings is 1. The van der Waals surface area contributed by atoms with Crippen LogP contribution in [0.5, 0.6) is 0 Å². The van der Waals surface area contributed by atoms with Gasteiger partial charge in [-0.2, -0.15) is 0 Å². The van der Waals surface area contributed by atoms with Crippen LogP contribution in [-0.4, -0.2) is 46.0 Å². The van der Waals surface area contributed by atoms with Gasteiger partial charge in [-0.15, -0.1) is 11.3 Å². The number of nitrogens with zero attached hydrogens (tertiary/aromatic N) is 3. The van der Waals surface area contributed by atoms with Crippen LogP contribution in [-0.2, 0) is 11.3 Å². The van der Waals surface area contributed by atoms with Crippen molar-refractivity contribution in [2.24, 2.45) is 5.92 Å². The van der Waals surface area contributed by atoms with Crippen molar-refractivity contribution < 1.29 is 4.79 Å². The summed E-state index contributed by atoms with van der Waals surface area (Å²) < 4.78 is 1.55. The highest BCUT2D eigenvalue weighted by molar-refractivity contribution is 7.16. The Bertz CT molecular complexity index is 803. The second kappa shape index (κ2) is 7.25. The summed E-state index contributed by atoms with van der Waals surface area (Å²) in [5, 5.41) is 6.14. The zero-order valence-corrected chi connectivity index (χ0v) is 15.1. The van der Waals surface area contributed by atoms with Crippen LogP contribution < -0.4 is 10.9 Å². The molecule has 0 bridgehead atoms. The van der Waals surface area contributed by atoms with E-state index in [1.807, 2.05) is 10.3 Å². The third-order valence-corrected chi connectivity index (χ3v) is 6.08. The first kappa shape index (κ1) is 16.7. The van der Waals surface area contributed by atoms with Gasteiger partial charge in [0.1, 0.15) is 4.83 Å². The molecule has 1 N–H and O–H groups in total. The van der Waals surface area contributed by atoms with Gasteiger partial charge in [0.05, 0.1) is 11.7 Å². The summed E-state index contributed by atoms with van der Waals surface area (Å²) in [6, 6.07) is 2.35. The van der Waals surface area contributed by atoms with Crippen molar-refractivity contribution in [2.75, 3.05) is 19.6 Å². The van der Waals surface area contributed by atoms with Crippen LogP contribution in [0.25, 0.3) is 10.2 Å². The highest BCUT2D eigenvalue weighted by atomic mass is 32.1. The Labute approximate surface area is 150 Å². The van der Waals surface area contributed by atoms with E-state index < -0.39 is 0 Å². The quantitative estimate of drug-likeness (QED) is 0.854. The molecule has 1 amide bonds. The van der Waals surface area contributed by atoms with E-state index in [0.29, 0.717) is 24.4 Å². The average Bonchev–Trinajstić information content (AvgIpc) is 3.34. The summed E-state index contributed by atoms with van der Waals surface area (Å²) in [7, 11) is 0. The highest BCUT2D eigenvalue weighted by Gasteiger charge is 2.25. The van der Waals surface area contributed by atoms with Crippen LogP contribution in [0.3, 0.4) is 0 Å². The maximum Gasteiger partial charge on any atom is 0.262 e. The number of aryl methyl sites for hydroxylation is 1. The van der Waals surface area contributed by atoms with Gasteiger partial charge in [-0.05, 0) is 49.6 Å². The highest BCUT2D eigenvalue weighted by Crippen LogP contribution is 2.28. The lowest BCUT2D eigenvalue weighted by atomic mass is 10.0. The molecule has 1 aliphatic carbocycles. The Morgan fingerprint density at radius 2 is 2.08 bits per heavy atom. The number of nitrogens with one attached hydrogen (secondary N) is 1. The number of hydrogen-bond donors (Lipinski definition) is 1. The van der Waals surface area contributed by atoms with Gasteiger partial charge in [-0.3, -0.25) is 14.2 Å². The minimum atomic E-state index is -0.0537. The summed E-state index contributed by atoms with van der Waals surface area (Å²) in [5.41, 5.74) is -0.0537. The van der Waals surface area contributed by atoms with Gasteiger partial charge >= 0.3 is 0 Å². The Morgan fingerprint density at radius 1 is 1.28 bits per heavy atom. The zero-order chi connectivity index (χ0) is 17.2. The van der Waals surface area contributed by atoms with E-state index in [9.17, 15) is 9.59 Å². The number of aromatic nitrogens is 2. The zero-order valence-electron chi connectivity index (χ0n) is 14.3. The molecule has 3 heterocycles. The van der Waals surface area contributed by atoms with Gasteiger partial charge in [0.15, 0.2) is 0 Å². The van der Waals surface area contributed by atoms with Crippen molar-refractivity contribution in [3.63, 3.8) is 0 Å². The molecule has 2 aromatic rings. The summed E-state index contributed by atoms with van der Waals surface area (Å²) >= 11 is 1.46. The largest absolute Gasteiger partial charge is 0.343 e. The molecule has 0 radical (unpaired) electrons. The Morgan fingerprint density at radius 3 is 2.84 bits per heavy atom. The molecule has 4 rings (SSSR count). The number of hydrogen-bond acceptors (Lipinski definition) is 5. The van der Waals surface area contributed by atoms with Crippen LogP contribution in [0.15, 0.2) is 22.6 Å². The molecule has 2 aliphatic rings. The fraction of sp³-hybridized carbons (Fsp3) is 0.611. The first-order valence-corrected chi connectivity index (χ1v) is 10.0. The van der Waals surface area contributed by atoms with Gasteiger partial charge in [0.25, 0.3) is 5.56 Å². The van der Waals surface area contributed by atoms with Gasteiger partial charge in [0, 0.05) is 32.1 Å². The topological polar surface area (TPSA) is 67.2 Å². The lowest BCUT2D eigenvalue weighted by Gasteiger charge is -2.32. The summed E-state index contributed by atoms with van der Waals surface area (Å²) in [6.45, 7) is 3.17. The molecule has 2 aromatic heterocycles. The molecule has 1 saturated heterocycles. The number of thiophene rings is 1. The standard InChI is InChI=1S/C18H24N4O2S/c23-16(21-7-3-14(4-8-21)19-11-13-1-2-13)5-9-22-12-20-17-15(18(22)24)6-10-25-17/h6,10,12-14,19H,1-5,7-9,11H2. The number of carbonyl (C=O) groups excluding carboxylic acids is 1. The predicted molar refractivity (Wildman–Crippen MR) is 98.8 cm³/mol. The van der Waals surface area contributed by atoms with E-state index in [4.69, 9.17) is 0 Å². The molecule has 25 heavy (non-hydrogen) atoms. The van der Waals surface area contributed by atoms with Crippen molar-refractivity contribution in [1.82, 2.24) is 19.8 Å². The third-order valence-electron chi connectivity index (χ3n) is 5.26. The Kier molecular flexibility index (Phi) is 4.85. The van der Waals surface area contributed by atoms with E-state index in [-0.39, 0.29) is 11.5 Å². The number of fused-ring (bicyclic) bond motifs is 1. The maximum atomic E-state index is 12.5. The summed E-state index contributed by atoms with van der Waals surface area (Å²) in [6.07, 6.45) is 6.72. The van der Waals surface area contributed by atoms with E-state index >= 15 is 0 Å². The van der Waals surface area contributed by atoms with E-state index in [2.05, 4.69) is 10.3 Å². The first-order chi connectivity index (χ1) is 12.2. The molecule has 134 valence electrons. The van der Waals surface area contributed by atoms with Gasteiger partial charge in [-0.1, -0.05) is 0 Å². The smallest absolute Gasteiger partial charge is 0.262 e. The van der Waals surface area contributed by atoms with E-state index in [0.717, 1.165) is 43.2 Å². The SMILES string of the molecule is O=C(CCn1cnc2sccc2c1=O)N1CCC(NCC2CC2)CC1. The van der Waals surface area contributed by atoms with Crippen molar-refractivity contribution in [3.05, 3.63) is 28.1 Å². The predicted octanol–water partition coefficient (Wildman–Crippen LogP) is 1.84. The fourth-order valence-electron chi connectivity index (χ4n) is 3.42. The Hall–Kier alpha value is -1.73. The molecule has 0 atom stereocenters. The average molecular weight is 360 g/mol. The molecule has 1 aliphatic heterocycles. The van der Waals surface area contributed by atoms with Gasteiger partial charge in [-0.25, -0.2) is 4.98 Å². The Balaban J connectivity index is 1.27. The van der Waals surface area contributed by atoms with E-state index in [1.54, 1.807) is 17.0 Å². The summed E-state index contributed by atoms with van der Waals surface area (Å²) in [4.78, 5) is 31.8. The molecule has 2 fully saturated rings. The molecule has 7 heteroatoms. The van der Waals surface area contributed by atoms with E-state index in [1.165, 1.54) is 24.2 Å². The van der Waals surface area contributed by atoms with Crippen molar-refractivity contribution in [3.8, 4) is 0 Å². The monoisotopic (exact) mass is 360 g/mol. The number of likely N-dealkylation sites (tertiary alicyclic amines) is 1. The van der Waals surface area contributed by atoms with Crippen LogP contribution in [0, 0.1) is 5.92 Å². The second-order valence-corrected chi connectivity index (χ2v) is 8.03. The van der Waals surface area contributed by atoms with Gasteiger partial charge < -0.3 is 10.2 Å². The molecular formula is C18H24N4O2S. The first-order valence-electron chi connectivity index (χ1n) is 9.14. The normalized spacial score (nSPS) is 18.8. The summed E-state index contributed by atoms with van der Waals surface area (Å²) in [5.74, 6) is 1.03. The maximum absolute atomic E-state index is 12.5. The molecule has 0 spiro atoms. The molecule has 1 saturated carbocycles.